The molecule has 1 saturated heterocycles. The molecule has 0 spiro atoms. The quantitative estimate of drug-likeness (QED) is 0.566. The molecule has 9 heteroatoms. The second kappa shape index (κ2) is 7.73. The third kappa shape index (κ3) is 3.38. The van der Waals surface area contributed by atoms with E-state index in [4.69, 9.17) is 0 Å². The fraction of sp³-hybridized carbons (Fsp3) is 0.474. The fourth-order valence-electron chi connectivity index (χ4n) is 3.96. The van der Waals surface area contributed by atoms with Crippen molar-refractivity contribution in [2.24, 2.45) is 0 Å². The number of likely N-dealkylation sites (N-methyl/N-ethyl adjacent to an activating group) is 1. The number of quaternary nitrogens is 2. The number of fused-ring (bicyclic) bond motifs is 1. The Balaban J connectivity index is 1.77. The molecule has 1 aromatic carbocycles. The largest absolute Gasteiger partial charge is 0.492 e. The summed E-state index contributed by atoms with van der Waals surface area (Å²) >= 11 is 1.37. The van der Waals surface area contributed by atoms with E-state index in [1.165, 1.54) is 31.7 Å². The van der Waals surface area contributed by atoms with E-state index in [1.807, 2.05) is 6.92 Å². The third-order valence-electron chi connectivity index (χ3n) is 5.61. The number of aromatic hydroxyl groups is 1. The van der Waals surface area contributed by atoms with Crippen LogP contribution in [-0.2, 0) is 6.42 Å². The minimum atomic E-state index is -0.869. The standard InChI is InChI=1S/C19H23F2N5OS/c1-3-15-22-19-26(23-15)18(27)17(28-19)16(12-5-6-13(20)14(21)11-12)25-9-7-24(4-2)8-10-25/h5-6,11,16,27H,3-4,7-10H2,1-2H3/p+2/t16-/m1/s1. The normalized spacial score (nSPS) is 21.3. The zero-order valence-corrected chi connectivity index (χ0v) is 16.8. The molecule has 6 nitrogen and oxygen atoms in total. The number of benzene rings is 1. The van der Waals surface area contributed by atoms with E-state index in [2.05, 4.69) is 17.0 Å². The van der Waals surface area contributed by atoms with Crippen molar-refractivity contribution in [1.29, 1.82) is 0 Å². The Labute approximate surface area is 166 Å². The molecule has 1 aliphatic heterocycles. The summed E-state index contributed by atoms with van der Waals surface area (Å²) < 4.78 is 29.0. The van der Waals surface area contributed by atoms with Gasteiger partial charge < -0.3 is 14.9 Å². The summed E-state index contributed by atoms with van der Waals surface area (Å²) in [5, 5.41) is 15.2. The zero-order chi connectivity index (χ0) is 19.8. The molecule has 2 aromatic heterocycles. The van der Waals surface area contributed by atoms with E-state index in [9.17, 15) is 13.9 Å². The first-order valence-corrected chi connectivity index (χ1v) is 10.5. The predicted molar refractivity (Wildman–Crippen MR) is 102 cm³/mol. The minimum absolute atomic E-state index is 0.0414. The van der Waals surface area contributed by atoms with Crippen LogP contribution in [0.5, 0.6) is 5.88 Å². The van der Waals surface area contributed by atoms with Crippen LogP contribution < -0.4 is 9.80 Å². The van der Waals surface area contributed by atoms with Gasteiger partial charge in [0.05, 0.1) is 6.54 Å². The van der Waals surface area contributed by atoms with Gasteiger partial charge in [-0.05, 0) is 25.1 Å². The number of hydrogen-bond acceptors (Lipinski definition) is 4. The average Bonchev–Trinajstić information content (AvgIpc) is 3.25. The Bertz CT molecular complexity index is 980. The van der Waals surface area contributed by atoms with Crippen molar-refractivity contribution < 1.29 is 23.7 Å². The first-order chi connectivity index (χ1) is 13.5. The molecule has 0 bridgehead atoms. The maximum atomic E-state index is 14.0. The van der Waals surface area contributed by atoms with Gasteiger partial charge in [0.15, 0.2) is 23.5 Å². The number of aromatic nitrogens is 3. The zero-order valence-electron chi connectivity index (χ0n) is 16.0. The number of nitrogens with zero attached hydrogens (tertiary/aromatic N) is 3. The van der Waals surface area contributed by atoms with E-state index >= 15 is 0 Å². The van der Waals surface area contributed by atoms with Crippen LogP contribution >= 0.6 is 11.3 Å². The SMILES string of the molecule is CCc1nc2sc([C@@H](c3ccc(F)c(F)c3)[NH+]3CC[NH+](CC)CC3)c(O)n2n1. The van der Waals surface area contributed by atoms with Crippen LogP contribution in [0.4, 0.5) is 8.78 Å². The molecule has 0 radical (unpaired) electrons. The lowest BCUT2D eigenvalue weighted by Crippen LogP contribution is -3.28. The molecule has 1 aliphatic rings. The van der Waals surface area contributed by atoms with Crippen LogP contribution in [0.25, 0.3) is 4.96 Å². The van der Waals surface area contributed by atoms with Gasteiger partial charge in [-0.25, -0.2) is 13.8 Å². The summed E-state index contributed by atoms with van der Waals surface area (Å²) in [5.74, 6) is -1.02. The van der Waals surface area contributed by atoms with Crippen LogP contribution in [0.2, 0.25) is 0 Å². The van der Waals surface area contributed by atoms with Gasteiger partial charge in [-0.15, -0.1) is 5.10 Å². The number of hydrogen-bond donors (Lipinski definition) is 3. The third-order valence-corrected chi connectivity index (χ3v) is 6.69. The summed E-state index contributed by atoms with van der Waals surface area (Å²) in [6.07, 6.45) is 0.683. The lowest BCUT2D eigenvalue weighted by atomic mass is 10.0. The molecule has 28 heavy (non-hydrogen) atoms. The number of thiazole rings is 1. The van der Waals surface area contributed by atoms with Crippen LogP contribution in [-0.4, -0.2) is 52.4 Å². The lowest BCUT2D eigenvalue weighted by Gasteiger charge is -2.34. The molecule has 1 fully saturated rings. The van der Waals surface area contributed by atoms with Gasteiger partial charge in [0.25, 0.3) is 0 Å². The highest BCUT2D eigenvalue weighted by atomic mass is 32.1. The fourth-order valence-corrected chi connectivity index (χ4v) is 5.12. The molecule has 1 atom stereocenters. The highest BCUT2D eigenvalue weighted by molar-refractivity contribution is 7.17. The van der Waals surface area contributed by atoms with E-state index in [0.29, 0.717) is 27.6 Å². The smallest absolute Gasteiger partial charge is 0.235 e. The van der Waals surface area contributed by atoms with Gasteiger partial charge in [0, 0.05) is 12.0 Å². The summed E-state index contributed by atoms with van der Waals surface area (Å²) in [6, 6.07) is 3.74. The van der Waals surface area contributed by atoms with Crippen LogP contribution in [0, 0.1) is 11.6 Å². The Kier molecular flexibility index (Phi) is 5.31. The van der Waals surface area contributed by atoms with Crippen molar-refractivity contribution >= 4 is 16.3 Å². The van der Waals surface area contributed by atoms with E-state index in [0.717, 1.165) is 38.8 Å². The number of aryl methyl sites for hydroxylation is 1. The molecule has 150 valence electrons. The first kappa shape index (κ1) is 19.2. The number of rotatable bonds is 5. The second-order valence-corrected chi connectivity index (χ2v) is 8.24. The van der Waals surface area contributed by atoms with Crippen LogP contribution in [0.3, 0.4) is 0 Å². The van der Waals surface area contributed by atoms with Crippen molar-refractivity contribution in [3.05, 3.63) is 46.1 Å². The Hall–Kier alpha value is -2.10. The summed E-state index contributed by atoms with van der Waals surface area (Å²) in [5.41, 5.74) is 0.657. The highest BCUT2D eigenvalue weighted by Gasteiger charge is 2.36. The molecule has 0 amide bonds. The maximum absolute atomic E-state index is 14.0. The number of halogens is 2. The molecule has 4 rings (SSSR count). The predicted octanol–water partition coefficient (Wildman–Crippen LogP) is 0.230. The van der Waals surface area contributed by atoms with Gasteiger partial charge in [0.2, 0.25) is 10.8 Å². The van der Waals surface area contributed by atoms with E-state index in [-0.39, 0.29) is 11.9 Å². The highest BCUT2D eigenvalue weighted by Crippen LogP contribution is 2.35. The molecule has 3 N–H and O–H groups in total. The van der Waals surface area contributed by atoms with Crippen LogP contribution in [0.1, 0.15) is 36.2 Å². The van der Waals surface area contributed by atoms with Crippen LogP contribution in [0.15, 0.2) is 18.2 Å². The monoisotopic (exact) mass is 409 g/mol. The Morgan fingerprint density at radius 2 is 1.93 bits per heavy atom. The molecule has 0 aliphatic carbocycles. The Morgan fingerprint density at radius 3 is 2.54 bits per heavy atom. The summed E-state index contributed by atoms with van der Waals surface area (Å²) in [6.45, 7) is 9.00. The molecule has 0 unspecified atom stereocenters. The second-order valence-electron chi connectivity index (χ2n) is 7.23. The van der Waals surface area contributed by atoms with Gasteiger partial charge >= 0.3 is 0 Å². The number of nitrogens with one attached hydrogen (secondary N) is 2. The summed E-state index contributed by atoms with van der Waals surface area (Å²) in [7, 11) is 0. The van der Waals surface area contributed by atoms with Gasteiger partial charge in [0.1, 0.15) is 31.1 Å². The van der Waals surface area contributed by atoms with Crippen molar-refractivity contribution in [1.82, 2.24) is 14.6 Å². The molecule has 3 aromatic rings. The molecule has 3 heterocycles. The average molecular weight is 410 g/mol. The molecule has 0 saturated carbocycles. The van der Waals surface area contributed by atoms with Crippen molar-refractivity contribution in [3.8, 4) is 5.88 Å². The van der Waals surface area contributed by atoms with E-state index in [1.54, 1.807) is 6.07 Å². The number of piperazine rings is 1. The molecular weight excluding hydrogens is 384 g/mol. The van der Waals surface area contributed by atoms with Gasteiger partial charge in [-0.3, -0.25) is 0 Å². The topological polar surface area (TPSA) is 59.3 Å². The van der Waals surface area contributed by atoms with E-state index < -0.39 is 11.6 Å². The Morgan fingerprint density at radius 1 is 1.18 bits per heavy atom. The van der Waals surface area contributed by atoms with Gasteiger partial charge in [-0.2, -0.15) is 4.52 Å². The molecular formula is C19H25F2N5OS+2. The van der Waals surface area contributed by atoms with Crippen molar-refractivity contribution in [2.45, 2.75) is 26.3 Å². The maximum Gasteiger partial charge on any atom is 0.235 e. The summed E-state index contributed by atoms with van der Waals surface area (Å²) in [4.78, 5) is 8.54. The van der Waals surface area contributed by atoms with Crippen molar-refractivity contribution in [2.75, 3.05) is 32.7 Å². The first-order valence-electron chi connectivity index (χ1n) is 9.72. The minimum Gasteiger partial charge on any atom is -0.492 e. The van der Waals surface area contributed by atoms with Gasteiger partial charge in [-0.1, -0.05) is 18.3 Å². The lowest BCUT2D eigenvalue weighted by molar-refractivity contribution is -1.02. The van der Waals surface area contributed by atoms with Crippen molar-refractivity contribution in [3.63, 3.8) is 0 Å².